The van der Waals surface area contributed by atoms with Gasteiger partial charge in [-0.05, 0) is 12.1 Å². The largest absolute Gasteiger partial charge is 0.494 e. The predicted molar refractivity (Wildman–Crippen MR) is 86.5 cm³/mol. The number of ether oxygens (including phenoxy) is 2. The molecule has 1 aromatic carbocycles. The first-order valence-corrected chi connectivity index (χ1v) is 7.83. The maximum Gasteiger partial charge on any atom is 0.341 e. The van der Waals surface area contributed by atoms with Crippen LogP contribution in [0, 0.1) is 0 Å². The van der Waals surface area contributed by atoms with E-state index >= 15 is 0 Å². The van der Waals surface area contributed by atoms with Crippen molar-refractivity contribution in [2.75, 3.05) is 19.5 Å². The number of halogens is 2. The molecule has 0 aliphatic heterocycles. The van der Waals surface area contributed by atoms with Crippen LogP contribution in [-0.2, 0) is 11.3 Å². The lowest BCUT2D eigenvalue weighted by atomic mass is 10.1. The van der Waals surface area contributed by atoms with E-state index in [-0.39, 0.29) is 0 Å². The molecule has 0 saturated heterocycles. The Bertz CT molecular complexity index is 663. The van der Waals surface area contributed by atoms with Gasteiger partial charge in [0.25, 0.3) is 0 Å². The Kier molecular flexibility index (Phi) is 5.44. The van der Waals surface area contributed by atoms with Crippen LogP contribution in [0.25, 0.3) is 0 Å². The molecule has 0 radical (unpaired) electrons. The van der Waals surface area contributed by atoms with Crippen molar-refractivity contribution in [1.82, 2.24) is 4.98 Å². The van der Waals surface area contributed by atoms with E-state index in [1.165, 1.54) is 25.6 Å². The number of anilines is 1. The molecule has 0 aliphatic carbocycles. The van der Waals surface area contributed by atoms with Gasteiger partial charge >= 0.3 is 5.97 Å². The van der Waals surface area contributed by atoms with Gasteiger partial charge in [-0.2, -0.15) is 0 Å². The highest BCUT2D eigenvalue weighted by molar-refractivity contribution is 9.10. The van der Waals surface area contributed by atoms with Crippen LogP contribution in [0.1, 0.15) is 15.2 Å². The molecule has 0 aliphatic rings. The molecule has 8 heteroatoms. The molecule has 1 N–H and O–H groups in total. The Balaban J connectivity index is 2.29. The number of carbonyl (C=O) groups is 1. The highest BCUT2D eigenvalue weighted by atomic mass is 79.9. The van der Waals surface area contributed by atoms with Gasteiger partial charge in [-0.25, -0.2) is 9.78 Å². The van der Waals surface area contributed by atoms with E-state index in [1.807, 2.05) is 6.07 Å². The molecule has 2 aromatic rings. The molecular weight excluding hydrogens is 380 g/mol. The first-order valence-electron chi connectivity index (χ1n) is 5.85. The molecule has 1 heterocycles. The predicted octanol–water partition coefficient (Wildman–Crippen LogP) is 3.97. The molecule has 112 valence electrons. The van der Waals surface area contributed by atoms with Crippen LogP contribution in [0.2, 0.25) is 4.47 Å². The van der Waals surface area contributed by atoms with Crippen LogP contribution in [0.5, 0.6) is 5.75 Å². The number of benzene rings is 1. The fourth-order valence-corrected chi connectivity index (χ4v) is 3.13. The van der Waals surface area contributed by atoms with Gasteiger partial charge in [0.1, 0.15) is 5.56 Å². The summed E-state index contributed by atoms with van der Waals surface area (Å²) in [4.78, 5) is 16.8. The van der Waals surface area contributed by atoms with Crippen molar-refractivity contribution >= 4 is 50.5 Å². The van der Waals surface area contributed by atoms with Crippen LogP contribution in [-0.4, -0.2) is 25.2 Å². The lowest BCUT2D eigenvalue weighted by Crippen LogP contribution is -2.08. The minimum Gasteiger partial charge on any atom is -0.494 e. The van der Waals surface area contributed by atoms with Gasteiger partial charge in [0.2, 0.25) is 0 Å². The lowest BCUT2D eigenvalue weighted by Gasteiger charge is -2.14. The van der Waals surface area contributed by atoms with Gasteiger partial charge in [-0.1, -0.05) is 27.5 Å². The maximum atomic E-state index is 11.8. The Labute approximate surface area is 139 Å². The third-order valence-corrected chi connectivity index (χ3v) is 4.21. The Morgan fingerprint density at radius 2 is 2.24 bits per heavy atom. The van der Waals surface area contributed by atoms with Crippen LogP contribution < -0.4 is 10.1 Å². The molecule has 2 rings (SSSR count). The highest BCUT2D eigenvalue weighted by Gasteiger charge is 2.18. The zero-order chi connectivity index (χ0) is 15.4. The zero-order valence-corrected chi connectivity index (χ0v) is 14.4. The minimum atomic E-state index is -0.461. The average molecular weight is 392 g/mol. The number of carbonyl (C=O) groups excluding carboxylic acids is 1. The molecule has 0 bridgehead atoms. The second kappa shape index (κ2) is 7.11. The molecular formula is C13H12BrClN2O3S. The molecule has 21 heavy (non-hydrogen) atoms. The van der Waals surface area contributed by atoms with Crippen LogP contribution >= 0.6 is 38.9 Å². The number of methoxy groups -OCH3 is 2. The third-order valence-electron chi connectivity index (χ3n) is 2.64. The summed E-state index contributed by atoms with van der Waals surface area (Å²) < 4.78 is 11.3. The van der Waals surface area contributed by atoms with Gasteiger partial charge in [-0.3, -0.25) is 0 Å². The first kappa shape index (κ1) is 16.1. The molecule has 0 atom stereocenters. The monoisotopic (exact) mass is 390 g/mol. The fraction of sp³-hybridized carbons (Fsp3) is 0.231. The highest BCUT2D eigenvalue weighted by Crippen LogP contribution is 2.34. The second-order valence-electron chi connectivity index (χ2n) is 3.96. The Morgan fingerprint density at radius 3 is 2.81 bits per heavy atom. The first-order chi connectivity index (χ1) is 10.0. The summed E-state index contributed by atoms with van der Waals surface area (Å²) in [6, 6.07) is 3.48. The van der Waals surface area contributed by atoms with Gasteiger partial charge in [-0.15, -0.1) is 11.3 Å². The molecule has 0 amide bonds. The van der Waals surface area contributed by atoms with E-state index in [1.54, 1.807) is 12.3 Å². The number of rotatable bonds is 5. The van der Waals surface area contributed by atoms with E-state index in [2.05, 4.69) is 26.2 Å². The van der Waals surface area contributed by atoms with E-state index < -0.39 is 5.97 Å². The summed E-state index contributed by atoms with van der Waals surface area (Å²) in [7, 11) is 2.83. The minimum absolute atomic E-state index is 0.346. The summed E-state index contributed by atoms with van der Waals surface area (Å²) >= 11 is 10.6. The van der Waals surface area contributed by atoms with E-state index in [4.69, 9.17) is 21.1 Å². The van der Waals surface area contributed by atoms with E-state index in [0.29, 0.717) is 28.0 Å². The SMILES string of the molecule is COC(=O)c1cc(Br)cc(NCc2cnc(Cl)s2)c1OC. The summed E-state index contributed by atoms with van der Waals surface area (Å²) in [5.74, 6) is -0.0299. The van der Waals surface area contributed by atoms with Crippen LogP contribution in [0.15, 0.2) is 22.8 Å². The van der Waals surface area contributed by atoms with E-state index in [9.17, 15) is 4.79 Å². The van der Waals surface area contributed by atoms with Crippen molar-refractivity contribution in [1.29, 1.82) is 0 Å². The third kappa shape index (κ3) is 3.87. The molecule has 0 spiro atoms. The maximum absolute atomic E-state index is 11.8. The molecule has 5 nitrogen and oxygen atoms in total. The zero-order valence-electron chi connectivity index (χ0n) is 11.3. The standard InChI is InChI=1S/C13H12BrClN2O3S/c1-19-11-9(12(18)20-2)3-7(14)4-10(11)16-5-8-6-17-13(15)21-8/h3-4,6,16H,5H2,1-2H3. The van der Waals surface area contributed by atoms with Crippen molar-refractivity contribution in [3.8, 4) is 5.75 Å². The molecule has 1 aromatic heterocycles. The van der Waals surface area contributed by atoms with Crippen molar-refractivity contribution in [2.45, 2.75) is 6.54 Å². The topological polar surface area (TPSA) is 60.5 Å². The second-order valence-corrected chi connectivity index (χ2v) is 6.57. The lowest BCUT2D eigenvalue weighted by molar-refractivity contribution is 0.0597. The molecule has 0 saturated carbocycles. The smallest absolute Gasteiger partial charge is 0.341 e. The number of thiazole rings is 1. The Hall–Kier alpha value is -1.31. The number of hydrogen-bond acceptors (Lipinski definition) is 6. The molecule has 0 unspecified atom stereocenters. The number of nitrogens with zero attached hydrogens (tertiary/aromatic N) is 1. The number of nitrogens with one attached hydrogen (secondary N) is 1. The summed E-state index contributed by atoms with van der Waals surface area (Å²) in [5, 5.41) is 3.20. The fourth-order valence-electron chi connectivity index (χ4n) is 1.75. The van der Waals surface area contributed by atoms with Gasteiger partial charge in [0.05, 0.1) is 26.5 Å². The van der Waals surface area contributed by atoms with Crippen molar-refractivity contribution in [3.05, 3.63) is 37.7 Å². The summed E-state index contributed by atoms with van der Waals surface area (Å²) in [6.07, 6.45) is 1.70. The number of esters is 1. The van der Waals surface area contributed by atoms with Crippen molar-refractivity contribution < 1.29 is 14.3 Å². The van der Waals surface area contributed by atoms with Gasteiger partial charge < -0.3 is 14.8 Å². The van der Waals surface area contributed by atoms with Crippen molar-refractivity contribution in [3.63, 3.8) is 0 Å². The van der Waals surface area contributed by atoms with Gasteiger partial charge in [0.15, 0.2) is 10.2 Å². The van der Waals surface area contributed by atoms with Gasteiger partial charge in [0, 0.05) is 15.5 Å². The quantitative estimate of drug-likeness (QED) is 0.782. The van der Waals surface area contributed by atoms with Crippen LogP contribution in [0.4, 0.5) is 5.69 Å². The number of aromatic nitrogens is 1. The average Bonchev–Trinajstić information content (AvgIpc) is 2.89. The Morgan fingerprint density at radius 1 is 1.48 bits per heavy atom. The van der Waals surface area contributed by atoms with E-state index in [0.717, 1.165) is 9.35 Å². The number of hydrogen-bond donors (Lipinski definition) is 1. The van der Waals surface area contributed by atoms with Crippen LogP contribution in [0.3, 0.4) is 0 Å². The normalized spacial score (nSPS) is 10.3. The van der Waals surface area contributed by atoms with Crippen molar-refractivity contribution in [2.24, 2.45) is 0 Å². The molecule has 0 fully saturated rings. The summed E-state index contributed by atoms with van der Waals surface area (Å²) in [5.41, 5.74) is 1.02. The summed E-state index contributed by atoms with van der Waals surface area (Å²) in [6.45, 7) is 0.526.